The van der Waals surface area contributed by atoms with Gasteiger partial charge < -0.3 is 15.1 Å². The molecule has 230 valence electrons. The third-order valence-corrected chi connectivity index (χ3v) is 7.44. The van der Waals surface area contributed by atoms with Gasteiger partial charge in [0, 0.05) is 30.8 Å². The van der Waals surface area contributed by atoms with E-state index in [-0.39, 0.29) is 5.56 Å². The van der Waals surface area contributed by atoms with Crippen molar-refractivity contribution in [2.75, 3.05) is 20.2 Å². The molecule has 3 aromatic rings. The van der Waals surface area contributed by atoms with Gasteiger partial charge in [0.2, 0.25) is 6.41 Å². The zero-order chi connectivity index (χ0) is 31.4. The van der Waals surface area contributed by atoms with Crippen molar-refractivity contribution in [2.24, 2.45) is 11.1 Å². The number of hydrogen-bond donors (Lipinski definition) is 1. The van der Waals surface area contributed by atoms with E-state index in [1.165, 1.54) is 7.11 Å². The molecule has 0 radical (unpaired) electrons. The summed E-state index contributed by atoms with van der Waals surface area (Å²) < 4.78 is 1.83. The Morgan fingerprint density at radius 1 is 1.09 bits per heavy atom. The highest BCUT2D eigenvalue weighted by atomic mass is 16.6. The molecule has 1 N–H and O–H groups in total. The average molecular weight is 586 g/mol. The molecular weight excluding hydrogens is 538 g/mol. The standard InChI is InChI=1S/C35H47N5O3/c1-8-13-32-37-31(10-3)33(26(6)39(21-9-2)22-20-25(4)5)35(42)40(32)23-27-16-18-28(19-17-27)29-14-11-12-15-30(29)34(36-24-41)38-43-7/h11-12,14-19,24-25H,6,8-10,13,20-23H2,1-5,7H3,(H,36,38,41). The van der Waals surface area contributed by atoms with Gasteiger partial charge in [-0.15, -0.1) is 0 Å². The smallest absolute Gasteiger partial charge is 0.263 e. The molecule has 1 aromatic heterocycles. The van der Waals surface area contributed by atoms with Crippen LogP contribution in [-0.4, -0.2) is 46.9 Å². The summed E-state index contributed by atoms with van der Waals surface area (Å²) >= 11 is 0. The van der Waals surface area contributed by atoms with Gasteiger partial charge in [-0.05, 0) is 48.3 Å². The van der Waals surface area contributed by atoms with E-state index >= 15 is 0 Å². The second-order valence-electron chi connectivity index (χ2n) is 11.1. The predicted molar refractivity (Wildman–Crippen MR) is 176 cm³/mol. The number of rotatable bonds is 16. The number of aromatic nitrogens is 2. The first-order valence-corrected chi connectivity index (χ1v) is 15.4. The fourth-order valence-electron chi connectivity index (χ4n) is 5.21. The second-order valence-corrected chi connectivity index (χ2v) is 11.1. The zero-order valence-corrected chi connectivity index (χ0v) is 26.7. The molecule has 0 spiro atoms. The topological polar surface area (TPSA) is 88.8 Å². The maximum atomic E-state index is 14.2. The highest BCUT2D eigenvalue weighted by molar-refractivity contribution is 6.08. The number of nitrogens with zero attached hydrogens (tertiary/aromatic N) is 4. The van der Waals surface area contributed by atoms with Crippen LogP contribution in [0, 0.1) is 5.92 Å². The van der Waals surface area contributed by atoms with Crippen molar-refractivity contribution in [3.63, 3.8) is 0 Å². The summed E-state index contributed by atoms with van der Waals surface area (Å²) in [6.07, 6.45) is 4.88. The van der Waals surface area contributed by atoms with Crippen LogP contribution in [-0.2, 0) is 29.0 Å². The first kappa shape index (κ1) is 33.3. The monoisotopic (exact) mass is 585 g/mol. The first-order valence-electron chi connectivity index (χ1n) is 15.4. The van der Waals surface area contributed by atoms with Gasteiger partial charge in [0.1, 0.15) is 12.9 Å². The molecule has 43 heavy (non-hydrogen) atoms. The average Bonchev–Trinajstić information content (AvgIpc) is 3.00. The Bertz CT molecular complexity index is 1460. The number of amidine groups is 1. The summed E-state index contributed by atoms with van der Waals surface area (Å²) in [5, 5.41) is 6.60. The maximum Gasteiger partial charge on any atom is 0.263 e. The predicted octanol–water partition coefficient (Wildman–Crippen LogP) is 6.26. The third-order valence-electron chi connectivity index (χ3n) is 7.44. The van der Waals surface area contributed by atoms with Gasteiger partial charge in [0.25, 0.3) is 5.56 Å². The van der Waals surface area contributed by atoms with Crippen LogP contribution in [0.3, 0.4) is 0 Å². The lowest BCUT2D eigenvalue weighted by Gasteiger charge is -2.28. The van der Waals surface area contributed by atoms with E-state index in [2.05, 4.69) is 56.6 Å². The minimum absolute atomic E-state index is 0.0271. The van der Waals surface area contributed by atoms with Gasteiger partial charge in [0.05, 0.1) is 17.8 Å². The van der Waals surface area contributed by atoms with Crippen LogP contribution < -0.4 is 10.9 Å². The second kappa shape index (κ2) is 16.4. The summed E-state index contributed by atoms with van der Waals surface area (Å²) in [6, 6.07) is 15.8. The number of benzene rings is 2. The highest BCUT2D eigenvalue weighted by Crippen LogP contribution is 2.25. The quantitative estimate of drug-likeness (QED) is 0.0928. The van der Waals surface area contributed by atoms with E-state index in [0.717, 1.165) is 78.2 Å². The highest BCUT2D eigenvalue weighted by Gasteiger charge is 2.21. The molecule has 0 saturated heterocycles. The minimum Gasteiger partial charge on any atom is -0.397 e. The van der Waals surface area contributed by atoms with Crippen LogP contribution in [0.15, 0.2) is 65.1 Å². The summed E-state index contributed by atoms with van der Waals surface area (Å²) in [5.74, 6) is 1.70. The molecule has 0 aliphatic heterocycles. The van der Waals surface area contributed by atoms with Gasteiger partial charge in [-0.25, -0.2) is 4.98 Å². The molecule has 0 unspecified atom stereocenters. The van der Waals surface area contributed by atoms with Crippen molar-refractivity contribution < 1.29 is 9.63 Å². The lowest BCUT2D eigenvalue weighted by molar-refractivity contribution is -0.108. The van der Waals surface area contributed by atoms with Crippen molar-refractivity contribution in [1.29, 1.82) is 0 Å². The first-order chi connectivity index (χ1) is 20.8. The lowest BCUT2D eigenvalue weighted by atomic mass is 9.98. The number of oxime groups is 1. The lowest BCUT2D eigenvalue weighted by Crippen LogP contribution is -2.34. The van der Waals surface area contributed by atoms with E-state index in [9.17, 15) is 9.59 Å². The Hall–Kier alpha value is -4.20. The van der Waals surface area contributed by atoms with Crippen molar-refractivity contribution >= 4 is 17.9 Å². The van der Waals surface area contributed by atoms with Crippen LogP contribution in [0.2, 0.25) is 0 Å². The van der Waals surface area contributed by atoms with Crippen LogP contribution >= 0.6 is 0 Å². The Labute approximate surface area is 256 Å². The van der Waals surface area contributed by atoms with Gasteiger partial charge in [-0.3, -0.25) is 14.2 Å². The van der Waals surface area contributed by atoms with E-state index in [1.54, 1.807) is 0 Å². The van der Waals surface area contributed by atoms with Crippen molar-refractivity contribution in [1.82, 2.24) is 19.8 Å². The van der Waals surface area contributed by atoms with Crippen LogP contribution in [0.1, 0.15) is 82.1 Å². The molecule has 0 saturated carbocycles. The summed E-state index contributed by atoms with van der Waals surface area (Å²) in [7, 11) is 1.44. The van der Waals surface area contributed by atoms with Crippen LogP contribution in [0.5, 0.6) is 0 Å². The number of nitrogens with one attached hydrogen (secondary N) is 1. The number of aryl methyl sites for hydroxylation is 2. The Kier molecular flexibility index (Phi) is 12.7. The van der Waals surface area contributed by atoms with E-state index in [4.69, 9.17) is 9.82 Å². The fourth-order valence-corrected chi connectivity index (χ4v) is 5.21. The zero-order valence-electron chi connectivity index (χ0n) is 26.7. The molecule has 1 amide bonds. The van der Waals surface area contributed by atoms with Crippen LogP contribution in [0.25, 0.3) is 16.8 Å². The largest absolute Gasteiger partial charge is 0.397 e. The number of hydrogen-bond acceptors (Lipinski definition) is 6. The molecule has 8 nitrogen and oxygen atoms in total. The Morgan fingerprint density at radius 2 is 1.81 bits per heavy atom. The molecule has 1 heterocycles. The molecule has 0 bridgehead atoms. The molecular formula is C35H47N5O3. The van der Waals surface area contributed by atoms with Gasteiger partial charge in [0.15, 0.2) is 5.84 Å². The van der Waals surface area contributed by atoms with Gasteiger partial charge >= 0.3 is 0 Å². The maximum absolute atomic E-state index is 14.2. The molecule has 0 fully saturated rings. The summed E-state index contributed by atoms with van der Waals surface area (Å²) in [6.45, 7) is 17.3. The molecule has 3 rings (SSSR count). The molecule has 0 aliphatic rings. The normalized spacial score (nSPS) is 11.5. The van der Waals surface area contributed by atoms with E-state index in [1.807, 2.05) is 53.1 Å². The number of amides is 1. The SMILES string of the molecule is C=C(c1c(CC)nc(CCC)n(Cc2ccc(-c3ccccc3/C(=N/OC)NC=O)cc2)c1=O)N(CCC)CCC(C)C. The molecule has 8 heteroatoms. The van der Waals surface area contributed by atoms with Crippen molar-refractivity contribution in [3.05, 3.63) is 93.7 Å². The molecule has 0 aliphatic carbocycles. The fraction of sp³-hybridized carbons (Fsp3) is 0.429. The van der Waals surface area contributed by atoms with Gasteiger partial charge in [-0.1, -0.05) is 94.9 Å². The Morgan fingerprint density at radius 3 is 2.42 bits per heavy atom. The molecule has 0 atom stereocenters. The number of carbonyl (C=O) groups excluding carboxylic acids is 1. The number of carbonyl (C=O) groups is 1. The third kappa shape index (κ3) is 8.43. The van der Waals surface area contributed by atoms with Crippen LogP contribution in [0.4, 0.5) is 0 Å². The van der Waals surface area contributed by atoms with Crippen molar-refractivity contribution in [3.8, 4) is 11.1 Å². The summed E-state index contributed by atoms with van der Waals surface area (Å²) in [4.78, 5) is 37.7. The molecule has 2 aromatic carbocycles. The minimum atomic E-state index is -0.0271. The van der Waals surface area contributed by atoms with E-state index < -0.39 is 0 Å². The van der Waals surface area contributed by atoms with E-state index in [0.29, 0.717) is 36.7 Å². The Balaban J connectivity index is 2.03. The summed E-state index contributed by atoms with van der Waals surface area (Å²) in [5.41, 5.74) is 5.78. The van der Waals surface area contributed by atoms with Gasteiger partial charge in [-0.2, -0.15) is 0 Å². The van der Waals surface area contributed by atoms with Crippen molar-refractivity contribution in [2.45, 2.75) is 73.3 Å².